The summed E-state index contributed by atoms with van der Waals surface area (Å²) >= 11 is 0. The molecule has 2 aliphatic heterocycles. The molecule has 0 aliphatic carbocycles. The first-order chi connectivity index (χ1) is 4.36. The normalized spacial score (nSPS) is 49.7. The molecule has 9 heavy (non-hydrogen) atoms. The monoisotopic (exact) mass is 126 g/mol. The van der Waals surface area contributed by atoms with Gasteiger partial charge in [0.2, 0.25) is 0 Å². The Morgan fingerprint density at radius 3 is 2.67 bits per heavy atom. The third kappa shape index (κ3) is 0.864. The lowest BCUT2D eigenvalue weighted by Gasteiger charge is -2.26. The van der Waals surface area contributed by atoms with E-state index in [2.05, 4.69) is 5.32 Å². The van der Waals surface area contributed by atoms with Gasteiger partial charge in [-0.3, -0.25) is 0 Å². The van der Waals surface area contributed by atoms with Crippen LogP contribution in [0.2, 0.25) is 0 Å². The fourth-order valence-electron chi connectivity index (χ4n) is 2.01. The van der Waals surface area contributed by atoms with Crippen LogP contribution in [0.1, 0.15) is 25.7 Å². The SMILES string of the molecule is NC1CCC2CCC1N2. The molecular weight excluding hydrogens is 112 g/mol. The molecule has 0 aromatic rings. The van der Waals surface area contributed by atoms with E-state index in [-0.39, 0.29) is 0 Å². The Labute approximate surface area is 55.8 Å². The van der Waals surface area contributed by atoms with E-state index >= 15 is 0 Å². The van der Waals surface area contributed by atoms with Crippen molar-refractivity contribution in [3.63, 3.8) is 0 Å². The maximum Gasteiger partial charge on any atom is 0.0222 e. The third-order valence-corrected chi connectivity index (χ3v) is 2.64. The van der Waals surface area contributed by atoms with Gasteiger partial charge in [-0.2, -0.15) is 0 Å². The number of hydrogen-bond acceptors (Lipinski definition) is 2. The smallest absolute Gasteiger partial charge is 0.0222 e. The van der Waals surface area contributed by atoms with E-state index in [0.717, 1.165) is 6.04 Å². The van der Waals surface area contributed by atoms with Crippen LogP contribution >= 0.6 is 0 Å². The van der Waals surface area contributed by atoms with Gasteiger partial charge in [-0.15, -0.1) is 0 Å². The number of nitrogens with two attached hydrogens (primary N) is 1. The van der Waals surface area contributed by atoms with Gasteiger partial charge in [-0.1, -0.05) is 0 Å². The van der Waals surface area contributed by atoms with E-state index in [1.807, 2.05) is 0 Å². The highest BCUT2D eigenvalue weighted by Gasteiger charge is 2.32. The number of hydrogen-bond donors (Lipinski definition) is 2. The molecule has 2 saturated heterocycles. The Balaban J connectivity index is 2.05. The summed E-state index contributed by atoms with van der Waals surface area (Å²) in [6.45, 7) is 0. The Morgan fingerprint density at radius 2 is 1.89 bits per heavy atom. The summed E-state index contributed by atoms with van der Waals surface area (Å²) in [7, 11) is 0. The number of rotatable bonds is 0. The van der Waals surface area contributed by atoms with Crippen molar-refractivity contribution in [1.82, 2.24) is 5.32 Å². The molecular formula is C7H14N2. The zero-order valence-electron chi connectivity index (χ0n) is 5.64. The van der Waals surface area contributed by atoms with Crippen LogP contribution in [0.25, 0.3) is 0 Å². The maximum atomic E-state index is 5.85. The summed E-state index contributed by atoms with van der Waals surface area (Å²) in [5.41, 5.74) is 5.85. The molecule has 3 N–H and O–H groups in total. The van der Waals surface area contributed by atoms with E-state index in [0.29, 0.717) is 12.1 Å². The van der Waals surface area contributed by atoms with Crippen molar-refractivity contribution >= 4 is 0 Å². The van der Waals surface area contributed by atoms with Crippen molar-refractivity contribution < 1.29 is 0 Å². The van der Waals surface area contributed by atoms with Gasteiger partial charge in [0.15, 0.2) is 0 Å². The topological polar surface area (TPSA) is 38.0 Å². The molecule has 2 aliphatic rings. The fraction of sp³-hybridized carbons (Fsp3) is 1.00. The molecule has 2 heterocycles. The van der Waals surface area contributed by atoms with Gasteiger partial charge in [0.05, 0.1) is 0 Å². The Kier molecular flexibility index (Phi) is 1.24. The van der Waals surface area contributed by atoms with Crippen molar-refractivity contribution in [3.8, 4) is 0 Å². The maximum absolute atomic E-state index is 5.85. The molecule has 2 nitrogen and oxygen atoms in total. The first-order valence-corrected chi connectivity index (χ1v) is 3.88. The second-order valence-corrected chi connectivity index (χ2v) is 3.29. The first-order valence-electron chi connectivity index (χ1n) is 3.88. The molecule has 0 saturated carbocycles. The summed E-state index contributed by atoms with van der Waals surface area (Å²) in [6, 6.07) is 1.92. The number of piperidine rings is 1. The molecule has 0 aromatic heterocycles. The van der Waals surface area contributed by atoms with Gasteiger partial charge in [0, 0.05) is 18.1 Å². The largest absolute Gasteiger partial charge is 0.326 e. The average Bonchev–Trinajstić information content (AvgIpc) is 2.25. The number of fused-ring (bicyclic) bond motifs is 2. The zero-order chi connectivity index (χ0) is 6.27. The van der Waals surface area contributed by atoms with E-state index in [1.165, 1.54) is 25.7 Å². The molecule has 3 unspecified atom stereocenters. The molecule has 2 rings (SSSR count). The minimum atomic E-state index is 0.448. The van der Waals surface area contributed by atoms with E-state index in [4.69, 9.17) is 5.73 Å². The quantitative estimate of drug-likeness (QED) is 0.487. The molecule has 0 aromatic carbocycles. The van der Waals surface area contributed by atoms with E-state index in [9.17, 15) is 0 Å². The summed E-state index contributed by atoms with van der Waals surface area (Å²) < 4.78 is 0. The predicted octanol–water partition coefficient (Wildman–Crippen LogP) is 0.228. The number of nitrogens with one attached hydrogen (secondary N) is 1. The van der Waals surface area contributed by atoms with Gasteiger partial charge in [0.1, 0.15) is 0 Å². The van der Waals surface area contributed by atoms with Crippen LogP contribution in [0.15, 0.2) is 0 Å². The van der Waals surface area contributed by atoms with Crippen LogP contribution in [0, 0.1) is 0 Å². The summed E-state index contributed by atoms with van der Waals surface area (Å²) in [5.74, 6) is 0. The minimum absolute atomic E-state index is 0.448. The highest BCUT2D eigenvalue weighted by Crippen LogP contribution is 2.25. The molecule has 0 radical (unpaired) electrons. The minimum Gasteiger partial charge on any atom is -0.326 e. The molecule has 3 atom stereocenters. The van der Waals surface area contributed by atoms with Crippen molar-refractivity contribution in [2.24, 2.45) is 5.73 Å². The lowest BCUT2D eigenvalue weighted by atomic mass is 10.0. The van der Waals surface area contributed by atoms with Crippen LogP contribution in [0.5, 0.6) is 0 Å². The molecule has 0 spiro atoms. The van der Waals surface area contributed by atoms with Crippen LogP contribution in [0.4, 0.5) is 0 Å². The molecule has 0 amide bonds. The molecule has 52 valence electrons. The van der Waals surface area contributed by atoms with Crippen LogP contribution in [-0.4, -0.2) is 18.1 Å². The molecule has 2 heteroatoms. The van der Waals surface area contributed by atoms with Crippen molar-refractivity contribution in [2.75, 3.05) is 0 Å². The summed E-state index contributed by atoms with van der Waals surface area (Å²) in [4.78, 5) is 0. The van der Waals surface area contributed by atoms with Gasteiger partial charge >= 0.3 is 0 Å². The Hall–Kier alpha value is -0.0800. The van der Waals surface area contributed by atoms with Gasteiger partial charge in [-0.05, 0) is 25.7 Å². The highest BCUT2D eigenvalue weighted by atomic mass is 15.0. The van der Waals surface area contributed by atoms with Gasteiger partial charge in [0.25, 0.3) is 0 Å². The molecule has 2 fully saturated rings. The Morgan fingerprint density at radius 1 is 1.11 bits per heavy atom. The Bertz CT molecular complexity index is 113. The van der Waals surface area contributed by atoms with Crippen LogP contribution in [0.3, 0.4) is 0 Å². The van der Waals surface area contributed by atoms with Crippen molar-refractivity contribution in [2.45, 2.75) is 43.8 Å². The van der Waals surface area contributed by atoms with Gasteiger partial charge in [-0.25, -0.2) is 0 Å². The molecule has 2 bridgehead atoms. The van der Waals surface area contributed by atoms with Crippen molar-refractivity contribution in [1.29, 1.82) is 0 Å². The standard InChI is InChI=1S/C7H14N2/c8-6-3-1-5-2-4-7(6)9-5/h5-7,9H,1-4,8H2. The lowest BCUT2D eigenvalue weighted by Crippen LogP contribution is -2.47. The second kappa shape index (κ2) is 1.96. The fourth-order valence-corrected chi connectivity index (χ4v) is 2.01. The average molecular weight is 126 g/mol. The lowest BCUT2D eigenvalue weighted by molar-refractivity contribution is 0.359. The van der Waals surface area contributed by atoms with Gasteiger partial charge < -0.3 is 11.1 Å². The second-order valence-electron chi connectivity index (χ2n) is 3.29. The van der Waals surface area contributed by atoms with Crippen LogP contribution in [-0.2, 0) is 0 Å². The summed E-state index contributed by atoms with van der Waals surface area (Å²) in [5, 5.41) is 3.52. The van der Waals surface area contributed by atoms with Crippen LogP contribution < -0.4 is 11.1 Å². The highest BCUT2D eigenvalue weighted by molar-refractivity contribution is 4.95. The first kappa shape index (κ1) is 5.69. The van der Waals surface area contributed by atoms with E-state index in [1.54, 1.807) is 0 Å². The van der Waals surface area contributed by atoms with Crippen molar-refractivity contribution in [3.05, 3.63) is 0 Å². The third-order valence-electron chi connectivity index (χ3n) is 2.64. The van der Waals surface area contributed by atoms with E-state index < -0.39 is 0 Å². The summed E-state index contributed by atoms with van der Waals surface area (Å²) in [6.07, 6.45) is 5.21. The predicted molar refractivity (Wildman–Crippen MR) is 37.2 cm³/mol. The zero-order valence-corrected chi connectivity index (χ0v) is 5.64.